The fraction of sp³-hybridized carbons (Fsp3) is 0.643. The van der Waals surface area contributed by atoms with Crippen LogP contribution in [0.15, 0.2) is 22.8 Å². The highest BCUT2D eigenvalue weighted by atomic mass is 16.3. The molecule has 0 aliphatic carbocycles. The smallest absolute Gasteiger partial charge is 0.226 e. The Morgan fingerprint density at radius 2 is 2.28 bits per heavy atom. The van der Waals surface area contributed by atoms with E-state index in [4.69, 9.17) is 4.42 Å². The number of nitrogens with one attached hydrogen (secondary N) is 2. The Kier molecular flexibility index (Phi) is 4.07. The Labute approximate surface area is 108 Å². The first-order valence-corrected chi connectivity index (χ1v) is 6.73. The lowest BCUT2D eigenvalue weighted by atomic mass is 9.75. The number of hydrogen-bond donors (Lipinski definition) is 2. The second-order valence-corrected chi connectivity index (χ2v) is 5.09. The van der Waals surface area contributed by atoms with Gasteiger partial charge >= 0.3 is 0 Å². The van der Waals surface area contributed by atoms with Crippen LogP contribution in [-0.2, 0) is 4.79 Å². The lowest BCUT2D eigenvalue weighted by Crippen LogP contribution is -2.47. The van der Waals surface area contributed by atoms with Gasteiger partial charge in [0.1, 0.15) is 5.76 Å². The summed E-state index contributed by atoms with van der Waals surface area (Å²) in [6.45, 7) is 5.91. The van der Waals surface area contributed by atoms with Gasteiger partial charge in [0.2, 0.25) is 5.91 Å². The van der Waals surface area contributed by atoms with Crippen LogP contribution >= 0.6 is 0 Å². The van der Waals surface area contributed by atoms with Gasteiger partial charge < -0.3 is 15.1 Å². The first kappa shape index (κ1) is 13.1. The van der Waals surface area contributed by atoms with Gasteiger partial charge in [-0.15, -0.1) is 0 Å². The van der Waals surface area contributed by atoms with Crippen LogP contribution in [0.3, 0.4) is 0 Å². The zero-order chi connectivity index (χ0) is 13.0. The highest BCUT2D eigenvalue weighted by Gasteiger charge is 2.38. The zero-order valence-electron chi connectivity index (χ0n) is 11.2. The number of furan rings is 1. The molecule has 2 rings (SSSR count). The van der Waals surface area contributed by atoms with Crippen molar-refractivity contribution in [1.82, 2.24) is 10.6 Å². The van der Waals surface area contributed by atoms with Gasteiger partial charge in [0.05, 0.1) is 17.7 Å². The van der Waals surface area contributed by atoms with E-state index < -0.39 is 0 Å². The molecule has 1 atom stereocenters. The van der Waals surface area contributed by atoms with E-state index in [9.17, 15) is 4.79 Å². The number of piperidine rings is 1. The number of carbonyl (C=O) groups excluding carboxylic acids is 1. The average molecular weight is 250 g/mol. The van der Waals surface area contributed by atoms with Crippen LogP contribution in [0.5, 0.6) is 0 Å². The van der Waals surface area contributed by atoms with E-state index in [0.29, 0.717) is 0 Å². The molecule has 1 aromatic heterocycles. The van der Waals surface area contributed by atoms with Crippen LogP contribution in [0.4, 0.5) is 0 Å². The summed E-state index contributed by atoms with van der Waals surface area (Å²) in [4.78, 5) is 12.5. The summed E-state index contributed by atoms with van der Waals surface area (Å²) < 4.78 is 5.32. The van der Waals surface area contributed by atoms with Crippen LogP contribution in [0.25, 0.3) is 0 Å². The SMILES string of the molecule is CCC1(C(=O)N[C@@H](C)c2ccco2)CCNCC1. The van der Waals surface area contributed by atoms with Gasteiger partial charge in [-0.1, -0.05) is 6.92 Å². The monoisotopic (exact) mass is 250 g/mol. The zero-order valence-corrected chi connectivity index (χ0v) is 11.2. The lowest BCUT2D eigenvalue weighted by Gasteiger charge is -2.36. The van der Waals surface area contributed by atoms with Crippen molar-refractivity contribution in [2.24, 2.45) is 5.41 Å². The third-order valence-electron chi connectivity index (χ3n) is 4.04. The van der Waals surface area contributed by atoms with Gasteiger partial charge in [0.15, 0.2) is 0 Å². The van der Waals surface area contributed by atoms with Gasteiger partial charge in [0.25, 0.3) is 0 Å². The minimum Gasteiger partial charge on any atom is -0.467 e. The third-order valence-corrected chi connectivity index (χ3v) is 4.04. The van der Waals surface area contributed by atoms with Crippen LogP contribution < -0.4 is 10.6 Å². The van der Waals surface area contributed by atoms with Crippen molar-refractivity contribution in [1.29, 1.82) is 0 Å². The summed E-state index contributed by atoms with van der Waals surface area (Å²) in [6.07, 6.45) is 4.36. The Balaban J connectivity index is 2.01. The van der Waals surface area contributed by atoms with Crippen LogP contribution in [-0.4, -0.2) is 19.0 Å². The molecule has 18 heavy (non-hydrogen) atoms. The fourth-order valence-corrected chi connectivity index (χ4v) is 2.61. The summed E-state index contributed by atoms with van der Waals surface area (Å²) >= 11 is 0. The first-order chi connectivity index (χ1) is 8.68. The molecule has 1 aliphatic rings. The molecule has 4 heteroatoms. The maximum absolute atomic E-state index is 12.5. The maximum Gasteiger partial charge on any atom is 0.226 e. The van der Waals surface area contributed by atoms with Crippen LogP contribution in [0.2, 0.25) is 0 Å². The van der Waals surface area contributed by atoms with Crippen molar-refractivity contribution in [3.05, 3.63) is 24.2 Å². The molecule has 4 nitrogen and oxygen atoms in total. The second-order valence-electron chi connectivity index (χ2n) is 5.09. The van der Waals surface area contributed by atoms with Crippen LogP contribution in [0.1, 0.15) is 44.9 Å². The number of amides is 1. The van der Waals surface area contributed by atoms with Gasteiger partial charge in [-0.2, -0.15) is 0 Å². The molecule has 2 N–H and O–H groups in total. The van der Waals surface area contributed by atoms with Crippen LogP contribution in [0, 0.1) is 5.41 Å². The predicted molar refractivity (Wildman–Crippen MR) is 70.1 cm³/mol. The molecule has 2 heterocycles. The fourth-order valence-electron chi connectivity index (χ4n) is 2.61. The highest BCUT2D eigenvalue weighted by Crippen LogP contribution is 2.33. The van der Waals surface area contributed by atoms with Crippen molar-refractivity contribution in [2.45, 2.75) is 39.2 Å². The van der Waals surface area contributed by atoms with Gasteiger partial charge in [0, 0.05) is 0 Å². The maximum atomic E-state index is 12.5. The largest absolute Gasteiger partial charge is 0.467 e. The summed E-state index contributed by atoms with van der Waals surface area (Å²) in [5, 5.41) is 6.39. The van der Waals surface area contributed by atoms with E-state index in [1.54, 1.807) is 6.26 Å². The molecule has 0 bridgehead atoms. The van der Waals surface area contributed by atoms with E-state index >= 15 is 0 Å². The van der Waals surface area contributed by atoms with E-state index in [0.717, 1.165) is 38.1 Å². The summed E-state index contributed by atoms with van der Waals surface area (Å²) in [6, 6.07) is 3.68. The van der Waals surface area contributed by atoms with E-state index in [2.05, 4.69) is 17.6 Å². The molecule has 0 radical (unpaired) electrons. The molecule has 100 valence electrons. The van der Waals surface area contributed by atoms with Crippen molar-refractivity contribution in [2.75, 3.05) is 13.1 Å². The summed E-state index contributed by atoms with van der Waals surface area (Å²) in [7, 11) is 0. The molecule has 0 saturated carbocycles. The molecule has 1 fully saturated rings. The Morgan fingerprint density at radius 3 is 2.83 bits per heavy atom. The summed E-state index contributed by atoms with van der Waals surface area (Å²) in [5.74, 6) is 0.971. The van der Waals surface area contributed by atoms with Crippen molar-refractivity contribution in [3.63, 3.8) is 0 Å². The number of hydrogen-bond acceptors (Lipinski definition) is 3. The minimum atomic E-state index is -0.202. The topological polar surface area (TPSA) is 54.3 Å². The number of carbonyl (C=O) groups is 1. The summed E-state index contributed by atoms with van der Waals surface area (Å²) in [5.41, 5.74) is -0.202. The Bertz CT molecular complexity index is 381. The Hall–Kier alpha value is -1.29. The number of rotatable bonds is 4. The van der Waals surface area contributed by atoms with Crippen molar-refractivity contribution in [3.8, 4) is 0 Å². The molecule has 1 amide bonds. The third kappa shape index (κ3) is 2.58. The highest BCUT2D eigenvalue weighted by molar-refractivity contribution is 5.83. The van der Waals surface area contributed by atoms with E-state index in [1.807, 2.05) is 19.1 Å². The van der Waals surface area contributed by atoms with Gasteiger partial charge in [-0.05, 0) is 51.4 Å². The molecule has 0 aromatic carbocycles. The molecule has 0 unspecified atom stereocenters. The quantitative estimate of drug-likeness (QED) is 0.861. The molecular formula is C14H22N2O2. The van der Waals surface area contributed by atoms with Crippen molar-refractivity contribution < 1.29 is 9.21 Å². The van der Waals surface area contributed by atoms with E-state index in [1.165, 1.54) is 0 Å². The Morgan fingerprint density at radius 1 is 1.56 bits per heavy atom. The second kappa shape index (κ2) is 5.57. The van der Waals surface area contributed by atoms with E-state index in [-0.39, 0.29) is 17.4 Å². The predicted octanol–water partition coefficient (Wildman–Crippen LogP) is 2.24. The molecule has 1 aromatic rings. The normalized spacial score (nSPS) is 20.3. The standard InChI is InChI=1S/C14H22N2O2/c1-3-14(6-8-15-9-7-14)13(17)16-11(2)12-5-4-10-18-12/h4-5,10-11,15H,3,6-9H2,1-2H3,(H,16,17)/t11-/m0/s1. The van der Waals surface area contributed by atoms with Crippen molar-refractivity contribution >= 4 is 5.91 Å². The molecule has 0 spiro atoms. The molecule has 1 aliphatic heterocycles. The minimum absolute atomic E-state index is 0.0641. The first-order valence-electron chi connectivity index (χ1n) is 6.73. The van der Waals surface area contributed by atoms with Gasteiger partial charge in [-0.25, -0.2) is 0 Å². The average Bonchev–Trinajstić information content (AvgIpc) is 2.93. The molecular weight excluding hydrogens is 228 g/mol. The van der Waals surface area contributed by atoms with Gasteiger partial charge in [-0.3, -0.25) is 4.79 Å². The molecule has 1 saturated heterocycles. The lowest BCUT2D eigenvalue weighted by molar-refractivity contribution is -0.133.